The summed E-state index contributed by atoms with van der Waals surface area (Å²) in [5, 5.41) is 2.01. The van der Waals surface area contributed by atoms with Crippen LogP contribution >= 0.6 is 0 Å². The predicted octanol–water partition coefficient (Wildman–Crippen LogP) is 2.32. The van der Waals surface area contributed by atoms with E-state index < -0.39 is 5.92 Å². The van der Waals surface area contributed by atoms with Gasteiger partial charge in [-0.1, -0.05) is 42.5 Å². The Morgan fingerprint density at radius 1 is 0.867 bits per heavy atom. The number of aldehydes is 2. The summed E-state index contributed by atoms with van der Waals surface area (Å²) >= 11 is 0. The first-order valence-corrected chi connectivity index (χ1v) is 4.75. The minimum absolute atomic E-state index is 0.656. The standard InChI is InChI=1S/C13H10O2/c14-8-11(9-15)13-7-3-5-10-4-1-2-6-12(10)13/h1-9,11H. The van der Waals surface area contributed by atoms with E-state index in [0.29, 0.717) is 12.6 Å². The van der Waals surface area contributed by atoms with Crippen LogP contribution in [0.4, 0.5) is 0 Å². The molecule has 0 bridgehead atoms. The van der Waals surface area contributed by atoms with E-state index in [1.54, 1.807) is 0 Å². The quantitative estimate of drug-likeness (QED) is 0.560. The summed E-state index contributed by atoms with van der Waals surface area (Å²) in [5.74, 6) is -0.656. The number of carbonyl (C=O) groups is 2. The molecule has 2 aromatic carbocycles. The largest absolute Gasteiger partial charge is 0.302 e. The molecule has 15 heavy (non-hydrogen) atoms. The molecule has 2 aromatic rings. The van der Waals surface area contributed by atoms with Crippen LogP contribution in [0.15, 0.2) is 42.5 Å². The molecule has 0 heterocycles. The van der Waals surface area contributed by atoms with Crippen molar-refractivity contribution in [2.24, 2.45) is 0 Å². The molecular formula is C13H10O2. The van der Waals surface area contributed by atoms with Crippen LogP contribution in [-0.2, 0) is 9.59 Å². The Morgan fingerprint density at radius 2 is 1.53 bits per heavy atom. The maximum absolute atomic E-state index is 10.7. The number of fused-ring (bicyclic) bond motifs is 1. The lowest BCUT2D eigenvalue weighted by atomic mass is 9.95. The summed E-state index contributed by atoms with van der Waals surface area (Å²) in [5.41, 5.74) is 0.776. The first-order valence-electron chi connectivity index (χ1n) is 4.75. The molecule has 0 saturated heterocycles. The van der Waals surface area contributed by atoms with Crippen molar-refractivity contribution in [2.45, 2.75) is 5.92 Å². The molecule has 2 heteroatoms. The molecule has 0 aliphatic carbocycles. The van der Waals surface area contributed by atoms with Gasteiger partial charge in [0.15, 0.2) is 0 Å². The van der Waals surface area contributed by atoms with Crippen LogP contribution in [0.2, 0.25) is 0 Å². The molecule has 0 fully saturated rings. The van der Waals surface area contributed by atoms with Crippen LogP contribution in [0, 0.1) is 0 Å². The highest BCUT2D eigenvalue weighted by molar-refractivity contribution is 5.95. The van der Waals surface area contributed by atoms with Gasteiger partial charge in [-0.15, -0.1) is 0 Å². The molecule has 2 nitrogen and oxygen atoms in total. The highest BCUT2D eigenvalue weighted by Crippen LogP contribution is 2.23. The molecule has 0 aliphatic heterocycles. The van der Waals surface area contributed by atoms with Crippen LogP contribution in [0.25, 0.3) is 10.8 Å². The number of hydrogen-bond acceptors (Lipinski definition) is 2. The van der Waals surface area contributed by atoms with Crippen LogP contribution in [-0.4, -0.2) is 12.6 Å². The van der Waals surface area contributed by atoms with Crippen LogP contribution in [0.3, 0.4) is 0 Å². The number of rotatable bonds is 3. The van der Waals surface area contributed by atoms with E-state index in [9.17, 15) is 9.59 Å². The lowest BCUT2D eigenvalue weighted by Crippen LogP contribution is -2.01. The average Bonchev–Trinajstić information content (AvgIpc) is 2.31. The zero-order valence-electron chi connectivity index (χ0n) is 8.09. The third kappa shape index (κ3) is 1.66. The second kappa shape index (κ2) is 4.05. The minimum atomic E-state index is -0.656. The molecule has 0 radical (unpaired) electrons. The number of carbonyl (C=O) groups excluding carboxylic acids is 2. The van der Waals surface area contributed by atoms with E-state index in [2.05, 4.69) is 0 Å². The van der Waals surface area contributed by atoms with Crippen molar-refractivity contribution in [3.63, 3.8) is 0 Å². The molecule has 0 aromatic heterocycles. The summed E-state index contributed by atoms with van der Waals surface area (Å²) in [6.07, 6.45) is 1.35. The van der Waals surface area contributed by atoms with E-state index in [4.69, 9.17) is 0 Å². The summed E-state index contributed by atoms with van der Waals surface area (Å²) in [6.45, 7) is 0. The average molecular weight is 198 g/mol. The van der Waals surface area contributed by atoms with E-state index in [0.717, 1.165) is 16.3 Å². The molecule has 74 valence electrons. The van der Waals surface area contributed by atoms with Gasteiger partial charge >= 0.3 is 0 Å². The SMILES string of the molecule is O=CC(C=O)c1cccc2ccccc12. The molecule has 0 unspecified atom stereocenters. The van der Waals surface area contributed by atoms with Crippen molar-refractivity contribution in [3.8, 4) is 0 Å². The highest BCUT2D eigenvalue weighted by atomic mass is 16.1. The summed E-state index contributed by atoms with van der Waals surface area (Å²) in [4.78, 5) is 21.5. The lowest BCUT2D eigenvalue weighted by Gasteiger charge is -2.07. The van der Waals surface area contributed by atoms with Crippen molar-refractivity contribution in [2.75, 3.05) is 0 Å². The van der Waals surface area contributed by atoms with E-state index in [1.807, 2.05) is 42.5 Å². The number of benzene rings is 2. The van der Waals surface area contributed by atoms with Gasteiger partial charge in [-0.05, 0) is 16.3 Å². The van der Waals surface area contributed by atoms with Crippen molar-refractivity contribution in [1.82, 2.24) is 0 Å². The monoisotopic (exact) mass is 198 g/mol. The van der Waals surface area contributed by atoms with E-state index >= 15 is 0 Å². The Labute approximate surface area is 87.5 Å². The third-order valence-electron chi connectivity index (χ3n) is 2.48. The molecule has 2 rings (SSSR count). The molecule has 0 saturated carbocycles. The van der Waals surface area contributed by atoms with Gasteiger partial charge in [-0.2, -0.15) is 0 Å². The predicted molar refractivity (Wildman–Crippen MR) is 58.8 cm³/mol. The maximum Gasteiger partial charge on any atom is 0.134 e. The number of hydrogen-bond donors (Lipinski definition) is 0. The van der Waals surface area contributed by atoms with Gasteiger partial charge in [0, 0.05) is 0 Å². The molecule has 0 aliphatic rings. The Morgan fingerprint density at radius 3 is 2.27 bits per heavy atom. The van der Waals surface area contributed by atoms with Gasteiger partial charge in [0.1, 0.15) is 12.6 Å². The van der Waals surface area contributed by atoms with Crippen molar-refractivity contribution >= 4 is 23.3 Å². The molecular weight excluding hydrogens is 188 g/mol. The van der Waals surface area contributed by atoms with Crippen molar-refractivity contribution < 1.29 is 9.59 Å². The Balaban J connectivity index is 2.69. The second-order valence-corrected chi connectivity index (χ2v) is 3.37. The fourth-order valence-electron chi connectivity index (χ4n) is 1.72. The van der Waals surface area contributed by atoms with Gasteiger partial charge in [0.2, 0.25) is 0 Å². The lowest BCUT2D eigenvalue weighted by molar-refractivity contribution is -0.116. The minimum Gasteiger partial charge on any atom is -0.302 e. The van der Waals surface area contributed by atoms with Gasteiger partial charge in [-0.25, -0.2) is 0 Å². The van der Waals surface area contributed by atoms with Gasteiger partial charge in [0.05, 0.1) is 5.92 Å². The summed E-state index contributed by atoms with van der Waals surface area (Å²) < 4.78 is 0. The fraction of sp³-hybridized carbons (Fsp3) is 0.0769. The smallest absolute Gasteiger partial charge is 0.134 e. The van der Waals surface area contributed by atoms with Gasteiger partial charge < -0.3 is 9.59 Å². The second-order valence-electron chi connectivity index (χ2n) is 3.37. The third-order valence-corrected chi connectivity index (χ3v) is 2.48. The normalized spacial score (nSPS) is 10.5. The molecule has 0 N–H and O–H groups in total. The van der Waals surface area contributed by atoms with Gasteiger partial charge in [-0.3, -0.25) is 0 Å². The Hall–Kier alpha value is -1.96. The highest BCUT2D eigenvalue weighted by Gasteiger charge is 2.11. The van der Waals surface area contributed by atoms with E-state index in [-0.39, 0.29) is 0 Å². The van der Waals surface area contributed by atoms with E-state index in [1.165, 1.54) is 0 Å². The topological polar surface area (TPSA) is 34.1 Å². The van der Waals surface area contributed by atoms with Crippen LogP contribution in [0.5, 0.6) is 0 Å². The summed E-state index contributed by atoms with van der Waals surface area (Å²) in [7, 11) is 0. The first-order chi connectivity index (χ1) is 7.36. The molecule has 0 amide bonds. The Bertz CT molecular complexity index is 489. The fourth-order valence-corrected chi connectivity index (χ4v) is 1.72. The Kier molecular flexibility index (Phi) is 2.59. The maximum atomic E-state index is 10.7. The van der Waals surface area contributed by atoms with Crippen molar-refractivity contribution in [3.05, 3.63) is 48.0 Å². The van der Waals surface area contributed by atoms with Crippen LogP contribution < -0.4 is 0 Å². The van der Waals surface area contributed by atoms with Gasteiger partial charge in [0.25, 0.3) is 0 Å². The summed E-state index contributed by atoms with van der Waals surface area (Å²) in [6, 6.07) is 13.4. The molecule has 0 atom stereocenters. The van der Waals surface area contributed by atoms with Crippen molar-refractivity contribution in [1.29, 1.82) is 0 Å². The zero-order chi connectivity index (χ0) is 10.7. The first kappa shape index (κ1) is 9.59. The van der Waals surface area contributed by atoms with Crippen LogP contribution in [0.1, 0.15) is 11.5 Å². The molecule has 0 spiro atoms. The zero-order valence-corrected chi connectivity index (χ0v) is 8.09.